The van der Waals surface area contributed by atoms with Gasteiger partial charge in [-0.3, -0.25) is 4.79 Å². The van der Waals surface area contributed by atoms with Gasteiger partial charge in [-0.2, -0.15) is 0 Å². The second kappa shape index (κ2) is 11.8. The van der Waals surface area contributed by atoms with E-state index in [0.29, 0.717) is 23.1 Å². The largest absolute Gasteiger partial charge is 0.444 e. The van der Waals surface area contributed by atoms with E-state index in [2.05, 4.69) is 25.9 Å². The zero-order valence-electron chi connectivity index (χ0n) is 21.6. The first-order valence-corrected chi connectivity index (χ1v) is 13.2. The molecule has 2 aromatic heterocycles. The van der Waals surface area contributed by atoms with Crippen molar-refractivity contribution in [2.45, 2.75) is 77.0 Å². The number of nitrogens with one attached hydrogen (secondary N) is 4. The third-order valence-electron chi connectivity index (χ3n) is 6.80. The van der Waals surface area contributed by atoms with Crippen molar-refractivity contribution in [3.63, 3.8) is 0 Å². The summed E-state index contributed by atoms with van der Waals surface area (Å²) in [5.74, 6) is 0.421. The molecule has 198 valence electrons. The van der Waals surface area contributed by atoms with E-state index in [9.17, 15) is 9.59 Å². The normalized spacial score (nSPS) is 17.8. The van der Waals surface area contributed by atoms with Crippen LogP contribution < -0.4 is 16.0 Å². The van der Waals surface area contributed by atoms with Crippen molar-refractivity contribution in [1.82, 2.24) is 25.6 Å². The van der Waals surface area contributed by atoms with Crippen molar-refractivity contribution in [2.24, 2.45) is 0 Å². The number of para-hydroxylation sites is 1. The number of amides is 2. The van der Waals surface area contributed by atoms with Crippen LogP contribution in [-0.2, 0) is 9.53 Å². The first kappa shape index (κ1) is 26.7. The Morgan fingerprint density at radius 2 is 2.00 bits per heavy atom. The Bertz CT molecular complexity index is 1240. The number of rotatable bonds is 9. The third-order valence-corrected chi connectivity index (χ3v) is 7.08. The molecule has 1 aliphatic rings. The summed E-state index contributed by atoms with van der Waals surface area (Å²) >= 11 is 6.46. The lowest BCUT2D eigenvalue weighted by molar-refractivity contribution is -0.121. The fraction of sp³-hybridized carbons (Fsp3) is 0.481. The summed E-state index contributed by atoms with van der Waals surface area (Å²) in [6.07, 6.45) is 7.55. The predicted octanol–water partition coefficient (Wildman–Crippen LogP) is 5.42. The van der Waals surface area contributed by atoms with Crippen molar-refractivity contribution in [3.8, 4) is 11.3 Å². The van der Waals surface area contributed by atoms with Gasteiger partial charge in [0.1, 0.15) is 5.60 Å². The van der Waals surface area contributed by atoms with Gasteiger partial charge in [0.2, 0.25) is 11.9 Å². The van der Waals surface area contributed by atoms with Gasteiger partial charge in [0.25, 0.3) is 0 Å². The minimum absolute atomic E-state index is 0.0464. The van der Waals surface area contributed by atoms with E-state index in [1.807, 2.05) is 51.2 Å². The number of alkyl carbamates (subject to hydrolysis) is 1. The monoisotopic (exact) mass is 526 g/mol. The molecular formula is C27H35ClN6O3. The number of carbonyl (C=O) groups is 2. The predicted molar refractivity (Wildman–Crippen MR) is 146 cm³/mol. The van der Waals surface area contributed by atoms with Crippen LogP contribution in [0.4, 0.5) is 10.7 Å². The van der Waals surface area contributed by atoms with E-state index in [1.165, 1.54) is 0 Å². The van der Waals surface area contributed by atoms with Crippen molar-refractivity contribution in [3.05, 3.63) is 41.7 Å². The zero-order valence-corrected chi connectivity index (χ0v) is 22.3. The molecule has 2 heterocycles. The average Bonchev–Trinajstić information content (AvgIpc) is 3.29. The molecule has 1 aromatic carbocycles. The lowest BCUT2D eigenvalue weighted by Crippen LogP contribution is -2.43. The third kappa shape index (κ3) is 7.13. The standard InChI is InChI=1S/C27H35ClN6O3/c1-4-27(2,3)37-26(36)29-13-12-23(35)32-17-8-7-9-18(14-17)33-25-31-16-21(28)24(34-25)20-15-30-22-11-6-5-10-19(20)22/h5-6,10-11,15-18,30H,4,7-9,12-14H2,1-3H3,(H,29,36)(H,32,35)(H,31,33,34)/t17-,18+/m0/s1. The molecule has 1 saturated carbocycles. The van der Waals surface area contributed by atoms with Crippen LogP contribution in [0.15, 0.2) is 36.7 Å². The van der Waals surface area contributed by atoms with Crippen LogP contribution in [0, 0.1) is 0 Å². The lowest BCUT2D eigenvalue weighted by atomic mass is 9.91. The number of benzene rings is 1. The Balaban J connectivity index is 1.29. The van der Waals surface area contributed by atoms with Gasteiger partial charge in [-0.25, -0.2) is 14.8 Å². The molecule has 1 fully saturated rings. The number of H-pyrrole nitrogens is 1. The van der Waals surface area contributed by atoms with E-state index in [1.54, 1.807) is 6.20 Å². The highest BCUT2D eigenvalue weighted by Crippen LogP contribution is 2.32. The number of ether oxygens (including phenoxy) is 1. The Labute approximate surface area is 222 Å². The number of anilines is 1. The second-order valence-electron chi connectivity index (χ2n) is 10.1. The number of halogens is 1. The maximum absolute atomic E-state index is 12.5. The molecule has 4 rings (SSSR count). The molecule has 0 bridgehead atoms. The van der Waals surface area contributed by atoms with Gasteiger partial charge in [-0.15, -0.1) is 0 Å². The minimum atomic E-state index is -0.527. The molecule has 0 aliphatic heterocycles. The number of hydrogen-bond donors (Lipinski definition) is 4. The summed E-state index contributed by atoms with van der Waals surface area (Å²) in [7, 11) is 0. The van der Waals surface area contributed by atoms with Gasteiger partial charge in [0.05, 0.1) is 16.9 Å². The molecule has 2 amide bonds. The Hall–Kier alpha value is -3.33. The van der Waals surface area contributed by atoms with Crippen molar-refractivity contribution >= 4 is 40.5 Å². The Morgan fingerprint density at radius 3 is 2.81 bits per heavy atom. The van der Waals surface area contributed by atoms with Gasteiger partial charge < -0.3 is 25.7 Å². The highest BCUT2D eigenvalue weighted by Gasteiger charge is 2.25. The van der Waals surface area contributed by atoms with E-state index < -0.39 is 11.7 Å². The van der Waals surface area contributed by atoms with Crippen LogP contribution in [0.2, 0.25) is 5.02 Å². The summed E-state index contributed by atoms with van der Waals surface area (Å²) in [5, 5.41) is 10.7. The summed E-state index contributed by atoms with van der Waals surface area (Å²) in [4.78, 5) is 36.7. The Morgan fingerprint density at radius 1 is 1.22 bits per heavy atom. The molecule has 0 spiro atoms. The number of fused-ring (bicyclic) bond motifs is 1. The average molecular weight is 527 g/mol. The molecular weight excluding hydrogens is 492 g/mol. The molecule has 1 aliphatic carbocycles. The van der Waals surface area contributed by atoms with Gasteiger partial charge in [0.15, 0.2) is 0 Å². The number of aromatic nitrogens is 3. The van der Waals surface area contributed by atoms with E-state index in [0.717, 1.165) is 42.1 Å². The number of nitrogens with zero attached hydrogens (tertiary/aromatic N) is 2. The van der Waals surface area contributed by atoms with Gasteiger partial charge in [-0.1, -0.05) is 36.7 Å². The van der Waals surface area contributed by atoms with Crippen molar-refractivity contribution < 1.29 is 14.3 Å². The molecule has 4 N–H and O–H groups in total. The van der Waals surface area contributed by atoms with Crippen LogP contribution in [0.3, 0.4) is 0 Å². The van der Waals surface area contributed by atoms with Crippen molar-refractivity contribution in [1.29, 1.82) is 0 Å². The molecule has 3 aromatic rings. The molecule has 37 heavy (non-hydrogen) atoms. The van der Waals surface area contributed by atoms with E-state index >= 15 is 0 Å². The smallest absolute Gasteiger partial charge is 0.407 e. The molecule has 9 nitrogen and oxygen atoms in total. The Kier molecular flexibility index (Phi) is 8.53. The van der Waals surface area contributed by atoms with Crippen LogP contribution >= 0.6 is 11.6 Å². The maximum atomic E-state index is 12.5. The molecule has 0 radical (unpaired) electrons. The highest BCUT2D eigenvalue weighted by molar-refractivity contribution is 6.33. The van der Waals surface area contributed by atoms with E-state index in [4.69, 9.17) is 21.3 Å². The van der Waals surface area contributed by atoms with Crippen LogP contribution in [-0.4, -0.2) is 51.2 Å². The topological polar surface area (TPSA) is 121 Å². The zero-order chi connectivity index (χ0) is 26.4. The molecule has 10 heteroatoms. The fourth-order valence-corrected chi connectivity index (χ4v) is 4.66. The van der Waals surface area contributed by atoms with Crippen LogP contribution in [0.5, 0.6) is 0 Å². The molecule has 2 atom stereocenters. The first-order chi connectivity index (χ1) is 17.7. The molecule has 0 unspecified atom stereocenters. The summed E-state index contributed by atoms with van der Waals surface area (Å²) in [5.41, 5.74) is 2.09. The number of hydrogen-bond acceptors (Lipinski definition) is 6. The maximum Gasteiger partial charge on any atom is 0.407 e. The minimum Gasteiger partial charge on any atom is -0.444 e. The fourth-order valence-electron chi connectivity index (χ4n) is 4.46. The summed E-state index contributed by atoms with van der Waals surface area (Å²) in [6.45, 7) is 5.89. The number of aromatic amines is 1. The highest BCUT2D eigenvalue weighted by atomic mass is 35.5. The van der Waals surface area contributed by atoms with E-state index in [-0.39, 0.29) is 31.0 Å². The second-order valence-corrected chi connectivity index (χ2v) is 10.5. The quantitative estimate of drug-likeness (QED) is 0.295. The van der Waals surface area contributed by atoms with Crippen molar-refractivity contribution in [2.75, 3.05) is 11.9 Å². The SMILES string of the molecule is CCC(C)(C)OC(=O)NCCC(=O)N[C@H]1CCC[C@@H](Nc2ncc(Cl)c(-c3c[nH]c4ccccc34)n2)C1. The van der Waals surface area contributed by atoms with Crippen LogP contribution in [0.25, 0.3) is 22.2 Å². The number of carbonyl (C=O) groups excluding carboxylic acids is 2. The lowest BCUT2D eigenvalue weighted by Gasteiger charge is -2.30. The first-order valence-electron chi connectivity index (χ1n) is 12.9. The summed E-state index contributed by atoms with van der Waals surface area (Å²) < 4.78 is 5.34. The molecule has 0 saturated heterocycles. The van der Waals surface area contributed by atoms with Crippen LogP contribution in [0.1, 0.15) is 59.3 Å². The van der Waals surface area contributed by atoms with Gasteiger partial charge in [-0.05, 0) is 52.0 Å². The van der Waals surface area contributed by atoms with Gasteiger partial charge >= 0.3 is 6.09 Å². The van der Waals surface area contributed by atoms with Gasteiger partial charge in [0, 0.05) is 47.7 Å². The summed E-state index contributed by atoms with van der Waals surface area (Å²) in [6, 6.07) is 8.18.